The molecule has 0 N–H and O–H groups in total. The molecule has 0 radical (unpaired) electrons. The summed E-state index contributed by atoms with van der Waals surface area (Å²) >= 11 is 0. The summed E-state index contributed by atoms with van der Waals surface area (Å²) < 4.78 is 1.60. The summed E-state index contributed by atoms with van der Waals surface area (Å²) in [6, 6.07) is 8.47. The molecule has 0 fully saturated rings. The van der Waals surface area contributed by atoms with Gasteiger partial charge in [0.2, 0.25) is 5.91 Å². The highest BCUT2D eigenvalue weighted by atomic mass is 16.2. The van der Waals surface area contributed by atoms with Gasteiger partial charge in [0.15, 0.2) is 0 Å². The van der Waals surface area contributed by atoms with E-state index < -0.39 is 0 Å². The maximum absolute atomic E-state index is 12.9. The van der Waals surface area contributed by atoms with E-state index in [2.05, 4.69) is 29.2 Å². The second kappa shape index (κ2) is 6.71. The van der Waals surface area contributed by atoms with Gasteiger partial charge in [0.25, 0.3) is 5.56 Å². The number of fused-ring (bicyclic) bond motifs is 2. The number of amides is 1. The standard InChI is InChI=1S/C21H25N3O2/c1-14-22-19-10-12-24(11-9-18(19)21(26)23(14)2)20(25)13-16-8-7-15-5-3-4-6-17(15)16/h3-6,16H,7-13H2,1-2H3/t16-/m0/s1. The number of hydrogen-bond donors (Lipinski definition) is 0. The monoisotopic (exact) mass is 351 g/mol. The summed E-state index contributed by atoms with van der Waals surface area (Å²) in [7, 11) is 1.76. The van der Waals surface area contributed by atoms with Crippen molar-refractivity contribution in [3.8, 4) is 0 Å². The van der Waals surface area contributed by atoms with E-state index in [1.165, 1.54) is 11.1 Å². The van der Waals surface area contributed by atoms with Crippen LogP contribution < -0.4 is 5.56 Å². The summed E-state index contributed by atoms with van der Waals surface area (Å²) in [5, 5.41) is 0. The molecule has 2 heterocycles. The van der Waals surface area contributed by atoms with Crippen LogP contribution in [0.2, 0.25) is 0 Å². The van der Waals surface area contributed by atoms with E-state index in [9.17, 15) is 9.59 Å². The molecule has 1 aliphatic carbocycles. The topological polar surface area (TPSA) is 55.2 Å². The van der Waals surface area contributed by atoms with Crippen LogP contribution in [0, 0.1) is 6.92 Å². The van der Waals surface area contributed by atoms with Crippen molar-refractivity contribution in [3.63, 3.8) is 0 Å². The fraction of sp³-hybridized carbons (Fsp3) is 0.476. The smallest absolute Gasteiger partial charge is 0.256 e. The first kappa shape index (κ1) is 17.0. The van der Waals surface area contributed by atoms with Crippen molar-refractivity contribution < 1.29 is 4.79 Å². The predicted molar refractivity (Wildman–Crippen MR) is 100 cm³/mol. The van der Waals surface area contributed by atoms with Gasteiger partial charge in [0.1, 0.15) is 5.82 Å². The van der Waals surface area contributed by atoms with Crippen LogP contribution in [0.15, 0.2) is 29.1 Å². The minimum atomic E-state index is 0.0338. The first-order valence-electron chi connectivity index (χ1n) is 9.45. The molecule has 5 nitrogen and oxygen atoms in total. The largest absolute Gasteiger partial charge is 0.342 e. The lowest BCUT2D eigenvalue weighted by molar-refractivity contribution is -0.131. The molecular weight excluding hydrogens is 326 g/mol. The van der Waals surface area contributed by atoms with Crippen LogP contribution in [0.3, 0.4) is 0 Å². The Kier molecular flexibility index (Phi) is 4.39. The van der Waals surface area contributed by atoms with E-state index in [0.29, 0.717) is 38.3 Å². The lowest BCUT2D eigenvalue weighted by Gasteiger charge is -2.22. The highest BCUT2D eigenvalue weighted by molar-refractivity contribution is 5.77. The molecule has 0 saturated carbocycles. The molecule has 2 aromatic rings. The van der Waals surface area contributed by atoms with Crippen LogP contribution in [0.25, 0.3) is 0 Å². The SMILES string of the molecule is Cc1nc2c(c(=O)n1C)CCN(C(=O)C[C@@H]1CCc3ccccc31)CC2. The lowest BCUT2D eigenvalue weighted by Crippen LogP contribution is -2.34. The Morgan fingerprint density at radius 3 is 2.81 bits per heavy atom. The van der Waals surface area contributed by atoms with Crippen molar-refractivity contribution >= 4 is 5.91 Å². The average Bonchev–Trinajstić information content (AvgIpc) is 2.91. The van der Waals surface area contributed by atoms with Crippen LogP contribution in [0.1, 0.15) is 47.0 Å². The average molecular weight is 351 g/mol. The molecule has 26 heavy (non-hydrogen) atoms. The number of hydrogen-bond acceptors (Lipinski definition) is 3. The van der Waals surface area contributed by atoms with Crippen LogP contribution in [0.5, 0.6) is 0 Å². The zero-order valence-electron chi connectivity index (χ0n) is 15.5. The van der Waals surface area contributed by atoms with E-state index in [4.69, 9.17) is 0 Å². The maximum atomic E-state index is 12.9. The zero-order chi connectivity index (χ0) is 18.3. The second-order valence-corrected chi connectivity index (χ2v) is 7.47. The van der Waals surface area contributed by atoms with Gasteiger partial charge in [0, 0.05) is 38.5 Å². The summed E-state index contributed by atoms with van der Waals surface area (Å²) in [5.41, 5.74) is 4.40. The molecule has 136 valence electrons. The van der Waals surface area contributed by atoms with Gasteiger partial charge in [-0.25, -0.2) is 4.98 Å². The third-order valence-corrected chi connectivity index (χ3v) is 5.97. The Labute approximate surface area is 153 Å². The molecule has 1 atom stereocenters. The minimum Gasteiger partial charge on any atom is -0.342 e. The van der Waals surface area contributed by atoms with Gasteiger partial charge >= 0.3 is 0 Å². The van der Waals surface area contributed by atoms with Gasteiger partial charge in [-0.05, 0) is 43.2 Å². The molecule has 1 aliphatic heterocycles. The number of rotatable bonds is 2. The van der Waals surface area contributed by atoms with Gasteiger partial charge in [-0.1, -0.05) is 24.3 Å². The van der Waals surface area contributed by atoms with Crippen molar-refractivity contribution in [2.45, 2.75) is 44.9 Å². The summed E-state index contributed by atoms with van der Waals surface area (Å²) in [6.07, 6.45) is 3.96. The fourth-order valence-corrected chi connectivity index (χ4v) is 4.31. The number of aryl methyl sites for hydroxylation is 2. The highest BCUT2D eigenvalue weighted by Gasteiger charge is 2.28. The maximum Gasteiger partial charge on any atom is 0.256 e. The first-order chi connectivity index (χ1) is 12.5. The van der Waals surface area contributed by atoms with Gasteiger partial charge in [-0.3, -0.25) is 14.2 Å². The number of aromatic nitrogens is 2. The Morgan fingerprint density at radius 2 is 1.96 bits per heavy atom. The van der Waals surface area contributed by atoms with E-state index in [-0.39, 0.29) is 11.5 Å². The van der Waals surface area contributed by atoms with Gasteiger partial charge in [-0.2, -0.15) is 0 Å². The fourth-order valence-electron chi connectivity index (χ4n) is 4.31. The van der Waals surface area contributed by atoms with Gasteiger partial charge in [-0.15, -0.1) is 0 Å². The van der Waals surface area contributed by atoms with Crippen LogP contribution in [0.4, 0.5) is 0 Å². The molecule has 1 aromatic heterocycles. The molecule has 0 unspecified atom stereocenters. The molecule has 2 aliphatic rings. The molecular formula is C21H25N3O2. The Morgan fingerprint density at radius 1 is 1.19 bits per heavy atom. The van der Waals surface area contributed by atoms with Crippen molar-refractivity contribution in [1.82, 2.24) is 14.5 Å². The minimum absolute atomic E-state index is 0.0338. The lowest BCUT2D eigenvalue weighted by atomic mass is 9.97. The normalized spacial score (nSPS) is 19.0. The van der Waals surface area contributed by atoms with E-state index in [1.54, 1.807) is 11.6 Å². The van der Waals surface area contributed by atoms with E-state index >= 15 is 0 Å². The third-order valence-electron chi connectivity index (χ3n) is 5.97. The first-order valence-corrected chi connectivity index (χ1v) is 9.45. The van der Waals surface area contributed by atoms with Crippen molar-refractivity contribution in [2.24, 2.45) is 7.05 Å². The van der Waals surface area contributed by atoms with Crippen LogP contribution in [-0.4, -0.2) is 33.4 Å². The quantitative estimate of drug-likeness (QED) is 0.833. The number of carbonyl (C=O) groups excluding carboxylic acids is 1. The summed E-state index contributed by atoms with van der Waals surface area (Å²) in [5.74, 6) is 1.27. The summed E-state index contributed by atoms with van der Waals surface area (Å²) in [6.45, 7) is 3.12. The molecule has 0 spiro atoms. The van der Waals surface area contributed by atoms with Crippen LogP contribution in [-0.2, 0) is 31.1 Å². The molecule has 1 amide bonds. The molecule has 0 saturated heterocycles. The van der Waals surface area contributed by atoms with Crippen LogP contribution >= 0.6 is 0 Å². The number of carbonyl (C=O) groups is 1. The Bertz CT molecular complexity index is 916. The van der Waals surface area contributed by atoms with E-state index in [0.717, 1.165) is 29.9 Å². The molecule has 5 heteroatoms. The van der Waals surface area contributed by atoms with Gasteiger partial charge < -0.3 is 4.90 Å². The third kappa shape index (κ3) is 2.96. The molecule has 1 aromatic carbocycles. The number of benzene rings is 1. The Hall–Kier alpha value is -2.43. The summed E-state index contributed by atoms with van der Waals surface area (Å²) in [4.78, 5) is 31.9. The predicted octanol–water partition coefficient (Wildman–Crippen LogP) is 2.14. The number of nitrogens with zero attached hydrogens (tertiary/aromatic N) is 3. The van der Waals surface area contributed by atoms with Crippen molar-refractivity contribution in [1.29, 1.82) is 0 Å². The van der Waals surface area contributed by atoms with Gasteiger partial charge in [0.05, 0.1) is 5.69 Å². The Balaban J connectivity index is 1.48. The van der Waals surface area contributed by atoms with Crippen molar-refractivity contribution in [2.75, 3.05) is 13.1 Å². The van der Waals surface area contributed by atoms with E-state index in [1.807, 2.05) is 11.8 Å². The zero-order valence-corrected chi connectivity index (χ0v) is 15.5. The highest BCUT2D eigenvalue weighted by Crippen LogP contribution is 2.35. The molecule has 0 bridgehead atoms. The molecule has 4 rings (SSSR count). The van der Waals surface area contributed by atoms with Crippen molar-refractivity contribution in [3.05, 3.63) is 62.8 Å². The second-order valence-electron chi connectivity index (χ2n) is 7.47.